The van der Waals surface area contributed by atoms with Gasteiger partial charge in [-0.15, -0.1) is 0 Å². The van der Waals surface area contributed by atoms with Crippen LogP contribution in [0, 0.1) is 12.3 Å². The maximum absolute atomic E-state index is 4.70. The van der Waals surface area contributed by atoms with Crippen LogP contribution >= 0.6 is 11.3 Å². The van der Waals surface area contributed by atoms with E-state index in [2.05, 4.69) is 49.3 Å². The van der Waals surface area contributed by atoms with Crippen LogP contribution in [0.25, 0.3) is 10.2 Å². The highest BCUT2D eigenvalue weighted by atomic mass is 32.1. The van der Waals surface area contributed by atoms with Crippen molar-refractivity contribution in [1.29, 1.82) is 0 Å². The van der Waals surface area contributed by atoms with Crippen LogP contribution in [0.5, 0.6) is 0 Å². The minimum atomic E-state index is 0.403. The summed E-state index contributed by atoms with van der Waals surface area (Å²) in [6, 6.07) is 6.49. The molecule has 0 saturated carbocycles. The first-order valence-electron chi connectivity index (χ1n) is 7.34. The van der Waals surface area contributed by atoms with E-state index in [1.807, 2.05) is 0 Å². The number of piperidine rings is 1. The van der Waals surface area contributed by atoms with Crippen molar-refractivity contribution in [3.63, 3.8) is 0 Å². The van der Waals surface area contributed by atoms with Gasteiger partial charge in [0.1, 0.15) is 0 Å². The molecule has 2 aromatic rings. The second kappa shape index (κ2) is 5.34. The lowest BCUT2D eigenvalue weighted by atomic mass is 9.80. The van der Waals surface area contributed by atoms with Crippen LogP contribution in [0.3, 0.4) is 0 Å². The lowest BCUT2D eigenvalue weighted by Gasteiger charge is -2.37. The fraction of sp³-hybridized carbons (Fsp3) is 0.562. The largest absolute Gasteiger partial charge is 0.361 e. The number of thiazole rings is 1. The Hall–Kier alpha value is -1.13. The van der Waals surface area contributed by atoms with Crippen LogP contribution in [0.4, 0.5) is 5.13 Å². The van der Waals surface area contributed by atoms with Gasteiger partial charge in [0.15, 0.2) is 5.13 Å². The van der Waals surface area contributed by atoms with E-state index in [4.69, 9.17) is 4.98 Å². The Kier molecular flexibility index (Phi) is 3.69. The fourth-order valence-electron chi connectivity index (χ4n) is 2.74. The number of nitrogens with zero attached hydrogens (tertiary/aromatic N) is 2. The molecule has 108 valence electrons. The predicted molar refractivity (Wildman–Crippen MR) is 87.7 cm³/mol. The maximum Gasteiger partial charge on any atom is 0.183 e. The zero-order valence-corrected chi connectivity index (χ0v) is 13.4. The Morgan fingerprint density at radius 1 is 1.35 bits per heavy atom. The Morgan fingerprint density at radius 2 is 2.10 bits per heavy atom. The summed E-state index contributed by atoms with van der Waals surface area (Å²) in [4.78, 5) is 7.12. The Morgan fingerprint density at radius 3 is 2.85 bits per heavy atom. The minimum Gasteiger partial charge on any atom is -0.361 e. The number of fused-ring (bicyclic) bond motifs is 1. The van der Waals surface area contributed by atoms with Gasteiger partial charge in [-0.2, -0.15) is 0 Å². The first-order valence-corrected chi connectivity index (χ1v) is 8.15. The number of hydrogen-bond acceptors (Lipinski definition) is 4. The molecule has 2 heterocycles. The molecule has 1 fully saturated rings. The number of rotatable bonds is 3. The van der Waals surface area contributed by atoms with Crippen LogP contribution in [-0.4, -0.2) is 36.6 Å². The molecule has 0 atom stereocenters. The molecule has 20 heavy (non-hydrogen) atoms. The molecule has 1 aromatic heterocycles. The van der Waals surface area contributed by atoms with Crippen molar-refractivity contribution in [1.82, 2.24) is 9.88 Å². The van der Waals surface area contributed by atoms with Gasteiger partial charge in [0.2, 0.25) is 0 Å². The lowest BCUT2D eigenvalue weighted by Crippen LogP contribution is -2.40. The van der Waals surface area contributed by atoms with E-state index >= 15 is 0 Å². The van der Waals surface area contributed by atoms with Gasteiger partial charge in [-0.25, -0.2) is 4.98 Å². The molecule has 1 aliphatic rings. The highest BCUT2D eigenvalue weighted by Crippen LogP contribution is 2.32. The molecule has 0 amide bonds. The highest BCUT2D eigenvalue weighted by molar-refractivity contribution is 7.22. The van der Waals surface area contributed by atoms with E-state index < -0.39 is 0 Å². The second-order valence-electron chi connectivity index (χ2n) is 6.46. The molecular formula is C16H23N3S. The molecule has 0 spiro atoms. The Bertz CT molecular complexity index is 597. The van der Waals surface area contributed by atoms with E-state index in [0.717, 1.165) is 17.2 Å². The van der Waals surface area contributed by atoms with Gasteiger partial charge >= 0.3 is 0 Å². The number of benzene rings is 1. The Labute approximate surface area is 125 Å². The zero-order valence-electron chi connectivity index (χ0n) is 12.6. The summed E-state index contributed by atoms with van der Waals surface area (Å²) in [7, 11) is 2.21. The monoisotopic (exact) mass is 289 g/mol. The van der Waals surface area contributed by atoms with Gasteiger partial charge < -0.3 is 10.2 Å². The first kappa shape index (κ1) is 13.8. The standard InChI is InChI=1S/C16H23N3S/c1-12-4-5-14-13(10-12)18-15(20-14)17-11-16(2)6-8-19(3)9-7-16/h4-5,10H,6-9,11H2,1-3H3,(H,17,18). The topological polar surface area (TPSA) is 28.2 Å². The molecular weight excluding hydrogens is 266 g/mol. The van der Waals surface area contributed by atoms with Gasteiger partial charge in [0, 0.05) is 6.54 Å². The van der Waals surface area contributed by atoms with Gasteiger partial charge in [-0.05, 0) is 63.0 Å². The Balaban J connectivity index is 1.67. The summed E-state index contributed by atoms with van der Waals surface area (Å²) in [5.74, 6) is 0. The van der Waals surface area contributed by atoms with Crippen LogP contribution < -0.4 is 5.32 Å². The summed E-state index contributed by atoms with van der Waals surface area (Å²) in [5.41, 5.74) is 2.79. The lowest BCUT2D eigenvalue weighted by molar-refractivity contribution is 0.150. The quantitative estimate of drug-likeness (QED) is 0.933. The summed E-state index contributed by atoms with van der Waals surface area (Å²) < 4.78 is 1.27. The van der Waals surface area contributed by atoms with Crippen LogP contribution in [0.15, 0.2) is 18.2 Å². The van der Waals surface area contributed by atoms with Crippen molar-refractivity contribution < 1.29 is 0 Å². The predicted octanol–water partition coefficient (Wildman–Crippen LogP) is 3.75. The molecule has 1 N–H and O–H groups in total. The van der Waals surface area contributed by atoms with Crippen molar-refractivity contribution in [3.8, 4) is 0 Å². The molecule has 3 nitrogen and oxygen atoms in total. The molecule has 1 aromatic carbocycles. The maximum atomic E-state index is 4.70. The third kappa shape index (κ3) is 2.96. The molecule has 0 aliphatic carbocycles. The molecule has 1 saturated heterocycles. The van der Waals surface area contributed by atoms with Gasteiger partial charge in [-0.1, -0.05) is 24.3 Å². The van der Waals surface area contributed by atoms with Crippen molar-refractivity contribution in [2.45, 2.75) is 26.7 Å². The van der Waals surface area contributed by atoms with Gasteiger partial charge in [0.05, 0.1) is 10.2 Å². The SMILES string of the molecule is Cc1ccc2sc(NCC3(C)CCN(C)CC3)nc2c1. The average Bonchev–Trinajstić information content (AvgIpc) is 2.82. The minimum absolute atomic E-state index is 0.403. The number of aromatic nitrogens is 1. The number of anilines is 1. The summed E-state index contributed by atoms with van der Waals surface area (Å²) in [6.07, 6.45) is 2.53. The molecule has 4 heteroatoms. The zero-order chi connectivity index (χ0) is 14.2. The van der Waals surface area contributed by atoms with E-state index in [1.54, 1.807) is 11.3 Å². The summed E-state index contributed by atoms with van der Waals surface area (Å²) in [5, 5.41) is 4.63. The van der Waals surface area contributed by atoms with Crippen molar-refractivity contribution in [3.05, 3.63) is 23.8 Å². The molecule has 3 rings (SSSR count). The molecule has 1 aliphatic heterocycles. The normalized spacial score (nSPS) is 19.4. The van der Waals surface area contributed by atoms with Crippen molar-refractivity contribution >= 4 is 26.7 Å². The van der Waals surface area contributed by atoms with Crippen molar-refractivity contribution in [2.24, 2.45) is 5.41 Å². The first-order chi connectivity index (χ1) is 9.54. The smallest absolute Gasteiger partial charge is 0.183 e. The van der Waals surface area contributed by atoms with Gasteiger partial charge in [-0.3, -0.25) is 0 Å². The van der Waals surface area contributed by atoms with Crippen molar-refractivity contribution in [2.75, 3.05) is 32.0 Å². The number of nitrogens with one attached hydrogen (secondary N) is 1. The third-order valence-electron chi connectivity index (χ3n) is 4.40. The van der Waals surface area contributed by atoms with Crippen LogP contribution in [0.2, 0.25) is 0 Å². The fourth-order valence-corrected chi connectivity index (χ4v) is 3.58. The summed E-state index contributed by atoms with van der Waals surface area (Å²) in [6.45, 7) is 7.95. The van der Waals surface area contributed by atoms with Crippen LogP contribution in [0.1, 0.15) is 25.3 Å². The van der Waals surface area contributed by atoms with E-state index in [1.165, 1.54) is 36.2 Å². The highest BCUT2D eigenvalue weighted by Gasteiger charge is 2.28. The van der Waals surface area contributed by atoms with E-state index in [-0.39, 0.29) is 0 Å². The number of aryl methyl sites for hydroxylation is 1. The third-order valence-corrected chi connectivity index (χ3v) is 5.40. The molecule has 0 unspecified atom stereocenters. The van der Waals surface area contributed by atoms with Crippen LogP contribution in [-0.2, 0) is 0 Å². The molecule has 0 bridgehead atoms. The van der Waals surface area contributed by atoms with E-state index in [9.17, 15) is 0 Å². The second-order valence-corrected chi connectivity index (χ2v) is 7.49. The number of likely N-dealkylation sites (tertiary alicyclic amines) is 1. The average molecular weight is 289 g/mol. The van der Waals surface area contributed by atoms with Gasteiger partial charge in [0.25, 0.3) is 0 Å². The van der Waals surface area contributed by atoms with E-state index in [0.29, 0.717) is 5.41 Å². The number of hydrogen-bond donors (Lipinski definition) is 1. The molecule has 0 radical (unpaired) electrons. The summed E-state index contributed by atoms with van der Waals surface area (Å²) >= 11 is 1.76.